The number of furan rings is 1. The first-order valence-electron chi connectivity index (χ1n) is 13.6. The van der Waals surface area contributed by atoms with E-state index in [-0.39, 0.29) is 0 Å². The third-order valence-corrected chi connectivity index (χ3v) is 7.81. The van der Waals surface area contributed by atoms with E-state index in [4.69, 9.17) is 4.42 Å². The first kappa shape index (κ1) is 22.6. The van der Waals surface area contributed by atoms with E-state index in [1.165, 1.54) is 16.3 Å². The molecular formula is C38H25NO. The number of benzene rings is 6. The first-order chi connectivity index (χ1) is 19.9. The topological polar surface area (TPSA) is 18.1 Å². The van der Waals surface area contributed by atoms with Gasteiger partial charge in [-0.1, -0.05) is 121 Å². The van der Waals surface area contributed by atoms with Gasteiger partial charge in [-0.05, 0) is 41.5 Å². The van der Waals surface area contributed by atoms with Gasteiger partial charge in [0.15, 0.2) is 0 Å². The van der Waals surface area contributed by atoms with Crippen LogP contribution in [-0.4, -0.2) is 4.57 Å². The Kier molecular flexibility index (Phi) is 5.17. The quantitative estimate of drug-likeness (QED) is 0.230. The first-order valence-corrected chi connectivity index (χ1v) is 13.6. The van der Waals surface area contributed by atoms with Crippen molar-refractivity contribution in [1.82, 2.24) is 4.57 Å². The van der Waals surface area contributed by atoms with E-state index in [1.807, 2.05) is 6.07 Å². The summed E-state index contributed by atoms with van der Waals surface area (Å²) in [6.45, 7) is 0. The molecule has 8 rings (SSSR count). The van der Waals surface area contributed by atoms with Crippen molar-refractivity contribution in [1.29, 1.82) is 0 Å². The molecule has 6 aromatic carbocycles. The maximum absolute atomic E-state index is 6.86. The van der Waals surface area contributed by atoms with Crippen LogP contribution >= 0.6 is 0 Å². The Bertz CT molecular complexity index is 2140. The smallest absolute Gasteiger partial charge is 0.143 e. The molecule has 2 aromatic heterocycles. The number of aromatic nitrogens is 1. The van der Waals surface area contributed by atoms with E-state index >= 15 is 0 Å². The van der Waals surface area contributed by atoms with E-state index in [0.29, 0.717) is 0 Å². The van der Waals surface area contributed by atoms with Crippen molar-refractivity contribution >= 4 is 32.6 Å². The molecule has 0 radical (unpaired) electrons. The van der Waals surface area contributed by atoms with Crippen molar-refractivity contribution in [3.05, 3.63) is 152 Å². The second-order valence-corrected chi connectivity index (χ2v) is 10.1. The summed E-state index contributed by atoms with van der Waals surface area (Å²) < 4.78 is 9.23. The largest absolute Gasteiger partial charge is 0.455 e. The van der Waals surface area contributed by atoms with Gasteiger partial charge in [0, 0.05) is 38.4 Å². The van der Waals surface area contributed by atoms with Crippen LogP contribution in [0.15, 0.2) is 156 Å². The lowest BCUT2D eigenvalue weighted by Crippen LogP contribution is -1.94. The molecule has 0 spiro atoms. The molecule has 40 heavy (non-hydrogen) atoms. The van der Waals surface area contributed by atoms with Crippen LogP contribution < -0.4 is 0 Å². The minimum atomic E-state index is 0.889. The summed E-state index contributed by atoms with van der Waals surface area (Å²) in [5, 5.41) is 4.69. The summed E-state index contributed by atoms with van der Waals surface area (Å²) in [5.74, 6) is 1.79. The van der Waals surface area contributed by atoms with E-state index < -0.39 is 0 Å². The van der Waals surface area contributed by atoms with Gasteiger partial charge in [0.25, 0.3) is 0 Å². The zero-order valence-corrected chi connectivity index (χ0v) is 21.8. The van der Waals surface area contributed by atoms with Crippen LogP contribution in [0.1, 0.15) is 0 Å². The second kappa shape index (κ2) is 9.14. The lowest BCUT2D eigenvalue weighted by Gasteiger charge is -2.12. The number of rotatable bonds is 4. The Morgan fingerprint density at radius 1 is 0.375 bits per heavy atom. The predicted molar refractivity (Wildman–Crippen MR) is 167 cm³/mol. The Labute approximate surface area is 232 Å². The van der Waals surface area contributed by atoms with Gasteiger partial charge in [-0.2, -0.15) is 0 Å². The number of fused-ring (bicyclic) bond motifs is 4. The highest BCUT2D eigenvalue weighted by Gasteiger charge is 2.22. The average Bonchev–Trinajstić information content (AvgIpc) is 3.58. The van der Waals surface area contributed by atoms with Gasteiger partial charge >= 0.3 is 0 Å². The normalized spacial score (nSPS) is 11.5. The lowest BCUT2D eigenvalue weighted by molar-refractivity contribution is 0.602. The van der Waals surface area contributed by atoms with Crippen LogP contribution in [0.25, 0.3) is 72.0 Å². The third-order valence-electron chi connectivity index (χ3n) is 7.81. The van der Waals surface area contributed by atoms with Crippen LogP contribution in [0.5, 0.6) is 0 Å². The molecule has 2 heterocycles. The lowest BCUT2D eigenvalue weighted by atomic mass is 9.94. The van der Waals surface area contributed by atoms with Crippen LogP contribution in [0.4, 0.5) is 0 Å². The van der Waals surface area contributed by atoms with Crippen molar-refractivity contribution in [2.75, 3.05) is 0 Å². The molecule has 0 saturated carbocycles. The predicted octanol–water partition coefficient (Wildman–Crippen LogP) is 10.5. The van der Waals surface area contributed by atoms with Crippen molar-refractivity contribution in [2.45, 2.75) is 0 Å². The highest BCUT2D eigenvalue weighted by atomic mass is 16.3. The number of para-hydroxylation sites is 2. The molecule has 0 N–H and O–H groups in total. The van der Waals surface area contributed by atoms with Crippen molar-refractivity contribution in [3.8, 4) is 39.5 Å². The van der Waals surface area contributed by atoms with Gasteiger partial charge in [-0.3, -0.25) is 0 Å². The van der Waals surface area contributed by atoms with Crippen molar-refractivity contribution < 1.29 is 4.42 Å². The van der Waals surface area contributed by atoms with E-state index in [9.17, 15) is 0 Å². The fraction of sp³-hybridized carbons (Fsp3) is 0. The molecule has 0 atom stereocenters. The van der Waals surface area contributed by atoms with Gasteiger partial charge < -0.3 is 8.98 Å². The van der Waals surface area contributed by atoms with E-state index in [1.54, 1.807) is 0 Å². The summed E-state index contributed by atoms with van der Waals surface area (Å²) in [4.78, 5) is 0. The zero-order valence-electron chi connectivity index (χ0n) is 21.8. The molecule has 0 bridgehead atoms. The van der Waals surface area contributed by atoms with Gasteiger partial charge in [0.1, 0.15) is 11.5 Å². The van der Waals surface area contributed by atoms with Gasteiger partial charge in [-0.25, -0.2) is 0 Å². The summed E-state index contributed by atoms with van der Waals surface area (Å²) in [7, 11) is 0. The summed E-state index contributed by atoms with van der Waals surface area (Å²) >= 11 is 0. The van der Waals surface area contributed by atoms with Gasteiger partial charge in [0.05, 0.1) is 11.0 Å². The monoisotopic (exact) mass is 511 g/mol. The molecule has 0 aliphatic carbocycles. The standard InChI is InChI=1S/C38H25NO/c1-4-14-26(15-5-1)32-24-33-29-20-12-13-23-35(29)39(28-18-8-3-9-19-28)36(33)25-34(32)38-31-22-11-10-21-30(31)37(40-38)27-16-6-2-7-17-27/h1-25H. The van der Waals surface area contributed by atoms with E-state index in [0.717, 1.165) is 55.8 Å². The Morgan fingerprint density at radius 3 is 1.62 bits per heavy atom. The second-order valence-electron chi connectivity index (χ2n) is 10.1. The van der Waals surface area contributed by atoms with Crippen molar-refractivity contribution in [2.24, 2.45) is 0 Å². The van der Waals surface area contributed by atoms with E-state index in [2.05, 4.69) is 150 Å². The Hall–Kier alpha value is -5.34. The SMILES string of the molecule is c1ccc(-c2cc3c4ccccc4n(-c4ccccc4)c3cc2-c2oc(-c3ccccc3)c3ccccc23)cc1. The third kappa shape index (κ3) is 3.50. The molecule has 188 valence electrons. The van der Waals surface area contributed by atoms with Crippen LogP contribution in [0.2, 0.25) is 0 Å². The van der Waals surface area contributed by atoms with Crippen LogP contribution in [0.3, 0.4) is 0 Å². The van der Waals surface area contributed by atoms with Gasteiger partial charge in [-0.15, -0.1) is 0 Å². The number of hydrogen-bond acceptors (Lipinski definition) is 1. The highest BCUT2D eigenvalue weighted by molar-refractivity contribution is 6.14. The maximum Gasteiger partial charge on any atom is 0.143 e. The molecule has 0 saturated heterocycles. The number of nitrogens with zero attached hydrogens (tertiary/aromatic N) is 1. The van der Waals surface area contributed by atoms with Gasteiger partial charge in [0.2, 0.25) is 0 Å². The number of hydrogen-bond donors (Lipinski definition) is 0. The molecule has 0 amide bonds. The Morgan fingerprint density at radius 2 is 0.925 bits per heavy atom. The van der Waals surface area contributed by atoms with Crippen molar-refractivity contribution in [3.63, 3.8) is 0 Å². The molecule has 8 aromatic rings. The highest BCUT2D eigenvalue weighted by Crippen LogP contribution is 2.45. The summed E-state index contributed by atoms with van der Waals surface area (Å²) in [5.41, 5.74) is 7.96. The molecule has 0 fully saturated rings. The average molecular weight is 512 g/mol. The minimum absolute atomic E-state index is 0.889. The fourth-order valence-electron chi connectivity index (χ4n) is 6.01. The minimum Gasteiger partial charge on any atom is -0.455 e. The molecule has 0 aliphatic heterocycles. The maximum atomic E-state index is 6.86. The molecule has 0 unspecified atom stereocenters. The molecule has 2 heteroatoms. The summed E-state index contributed by atoms with van der Waals surface area (Å²) in [6.07, 6.45) is 0. The molecule has 0 aliphatic rings. The van der Waals surface area contributed by atoms with Crippen LogP contribution in [0, 0.1) is 0 Å². The fourth-order valence-corrected chi connectivity index (χ4v) is 6.01. The van der Waals surface area contributed by atoms with Crippen LogP contribution in [-0.2, 0) is 0 Å². The Balaban J connectivity index is 1.52. The molecular weight excluding hydrogens is 486 g/mol. The molecule has 2 nitrogen and oxygen atoms in total. The zero-order chi connectivity index (χ0) is 26.5. The summed E-state index contributed by atoms with van der Waals surface area (Å²) in [6, 6.07) is 53.5.